The lowest BCUT2D eigenvalue weighted by molar-refractivity contribution is 0.130. The van der Waals surface area contributed by atoms with E-state index < -0.39 is 0 Å². The average Bonchev–Trinajstić information content (AvgIpc) is 2.46. The molecule has 1 fully saturated rings. The molecule has 1 heterocycles. The van der Waals surface area contributed by atoms with Crippen molar-refractivity contribution in [1.82, 2.24) is 10.2 Å². The van der Waals surface area contributed by atoms with Gasteiger partial charge < -0.3 is 5.32 Å². The minimum Gasteiger partial charge on any atom is -0.311 e. The Morgan fingerprint density at radius 1 is 1.32 bits per heavy atom. The molecule has 1 aliphatic rings. The molecule has 0 aliphatic carbocycles. The molecule has 0 amide bonds. The van der Waals surface area contributed by atoms with E-state index in [1.807, 2.05) is 12.1 Å². The number of piperazine rings is 1. The van der Waals surface area contributed by atoms with E-state index in [1.165, 1.54) is 12.0 Å². The number of benzene rings is 1. The molecule has 1 aromatic carbocycles. The Labute approximate surface area is 116 Å². The van der Waals surface area contributed by atoms with Gasteiger partial charge in [0, 0.05) is 31.7 Å². The van der Waals surface area contributed by atoms with Gasteiger partial charge in [-0.05, 0) is 30.5 Å². The molecule has 19 heavy (non-hydrogen) atoms. The highest BCUT2D eigenvalue weighted by molar-refractivity contribution is 5.19. The van der Waals surface area contributed by atoms with Crippen molar-refractivity contribution < 1.29 is 4.39 Å². The molecule has 3 heteroatoms. The predicted octanol–water partition coefficient (Wildman–Crippen LogP) is 3.21. The number of nitrogens with zero attached hydrogens (tertiary/aromatic N) is 1. The van der Waals surface area contributed by atoms with Crippen molar-refractivity contribution in [2.45, 2.75) is 39.3 Å². The minimum absolute atomic E-state index is 0.159. The fourth-order valence-corrected chi connectivity index (χ4v) is 2.77. The Morgan fingerprint density at radius 3 is 2.63 bits per heavy atom. The lowest BCUT2D eigenvalue weighted by atomic mass is 9.95. The zero-order chi connectivity index (χ0) is 13.8. The van der Waals surface area contributed by atoms with E-state index in [0.717, 1.165) is 19.6 Å². The molecular formula is C16H25FN2. The zero-order valence-corrected chi connectivity index (χ0v) is 12.2. The van der Waals surface area contributed by atoms with Crippen molar-refractivity contribution in [3.05, 3.63) is 35.6 Å². The largest absolute Gasteiger partial charge is 0.311 e. The van der Waals surface area contributed by atoms with Crippen LogP contribution in [0.1, 0.15) is 38.8 Å². The molecule has 0 radical (unpaired) electrons. The van der Waals surface area contributed by atoms with Crippen LogP contribution in [0.15, 0.2) is 24.3 Å². The Kier molecular flexibility index (Phi) is 4.94. The Hall–Kier alpha value is -0.930. The van der Waals surface area contributed by atoms with Gasteiger partial charge in [0.25, 0.3) is 0 Å². The third-order valence-electron chi connectivity index (χ3n) is 4.47. The molecule has 0 aromatic heterocycles. The van der Waals surface area contributed by atoms with E-state index in [9.17, 15) is 4.39 Å². The maximum absolute atomic E-state index is 13.0. The molecule has 106 valence electrons. The standard InChI is InChI=1S/C16H25FN2/c1-4-12(2)16-11-19(10-9-18-16)13(3)14-5-7-15(17)8-6-14/h5-8,12-13,16,18H,4,9-11H2,1-3H3. The van der Waals surface area contributed by atoms with E-state index in [4.69, 9.17) is 0 Å². The van der Waals surface area contributed by atoms with Gasteiger partial charge in [0.2, 0.25) is 0 Å². The maximum atomic E-state index is 13.0. The molecule has 1 aliphatic heterocycles. The summed E-state index contributed by atoms with van der Waals surface area (Å²) in [7, 11) is 0. The molecule has 1 N–H and O–H groups in total. The first-order valence-electron chi connectivity index (χ1n) is 7.34. The van der Waals surface area contributed by atoms with Crippen molar-refractivity contribution in [3.8, 4) is 0 Å². The van der Waals surface area contributed by atoms with Crippen LogP contribution in [0.2, 0.25) is 0 Å². The second kappa shape index (κ2) is 6.49. The third-order valence-corrected chi connectivity index (χ3v) is 4.47. The predicted molar refractivity (Wildman–Crippen MR) is 77.6 cm³/mol. The van der Waals surface area contributed by atoms with Gasteiger partial charge in [-0.25, -0.2) is 4.39 Å². The molecule has 0 bridgehead atoms. The van der Waals surface area contributed by atoms with Crippen LogP contribution >= 0.6 is 0 Å². The third kappa shape index (κ3) is 3.54. The molecule has 2 rings (SSSR count). The molecule has 3 atom stereocenters. The van der Waals surface area contributed by atoms with Crippen LogP contribution < -0.4 is 5.32 Å². The first-order chi connectivity index (χ1) is 9.11. The van der Waals surface area contributed by atoms with Gasteiger partial charge in [0.05, 0.1) is 0 Å². The average molecular weight is 264 g/mol. The number of rotatable bonds is 4. The highest BCUT2D eigenvalue weighted by atomic mass is 19.1. The summed E-state index contributed by atoms with van der Waals surface area (Å²) in [6.45, 7) is 9.95. The summed E-state index contributed by atoms with van der Waals surface area (Å²) in [6, 6.07) is 7.84. The van der Waals surface area contributed by atoms with E-state index in [2.05, 4.69) is 31.0 Å². The molecule has 1 aromatic rings. The molecule has 3 unspecified atom stereocenters. The fourth-order valence-electron chi connectivity index (χ4n) is 2.77. The molecule has 2 nitrogen and oxygen atoms in total. The molecular weight excluding hydrogens is 239 g/mol. The summed E-state index contributed by atoms with van der Waals surface area (Å²) < 4.78 is 13.0. The van der Waals surface area contributed by atoms with Crippen molar-refractivity contribution in [2.75, 3.05) is 19.6 Å². The Bertz CT molecular complexity index is 390. The first-order valence-corrected chi connectivity index (χ1v) is 7.34. The van der Waals surface area contributed by atoms with E-state index >= 15 is 0 Å². The fraction of sp³-hybridized carbons (Fsp3) is 0.625. The van der Waals surface area contributed by atoms with Crippen LogP contribution in [0.4, 0.5) is 4.39 Å². The van der Waals surface area contributed by atoms with Crippen LogP contribution in [-0.2, 0) is 0 Å². The second-order valence-electron chi connectivity index (χ2n) is 5.67. The van der Waals surface area contributed by atoms with E-state index in [0.29, 0.717) is 18.0 Å². The SMILES string of the molecule is CCC(C)C1CN(C(C)c2ccc(F)cc2)CCN1. The van der Waals surface area contributed by atoms with Gasteiger partial charge in [-0.1, -0.05) is 32.4 Å². The Balaban J connectivity index is 2.02. The van der Waals surface area contributed by atoms with Gasteiger partial charge in [-0.15, -0.1) is 0 Å². The monoisotopic (exact) mass is 264 g/mol. The zero-order valence-electron chi connectivity index (χ0n) is 12.2. The van der Waals surface area contributed by atoms with Gasteiger partial charge in [-0.3, -0.25) is 4.90 Å². The van der Waals surface area contributed by atoms with Crippen molar-refractivity contribution in [1.29, 1.82) is 0 Å². The van der Waals surface area contributed by atoms with Crippen LogP contribution in [0.25, 0.3) is 0 Å². The molecule has 0 spiro atoms. The van der Waals surface area contributed by atoms with Crippen LogP contribution in [-0.4, -0.2) is 30.6 Å². The minimum atomic E-state index is -0.159. The normalized spacial score (nSPS) is 24.1. The van der Waals surface area contributed by atoms with Crippen molar-refractivity contribution >= 4 is 0 Å². The number of halogens is 1. The van der Waals surface area contributed by atoms with Gasteiger partial charge in [0.1, 0.15) is 5.82 Å². The van der Waals surface area contributed by atoms with E-state index in [-0.39, 0.29) is 5.82 Å². The van der Waals surface area contributed by atoms with Crippen LogP contribution in [0.3, 0.4) is 0 Å². The summed E-state index contributed by atoms with van der Waals surface area (Å²) in [6.07, 6.45) is 1.20. The number of hydrogen-bond acceptors (Lipinski definition) is 2. The van der Waals surface area contributed by atoms with Crippen molar-refractivity contribution in [3.63, 3.8) is 0 Å². The Morgan fingerprint density at radius 2 is 2.00 bits per heavy atom. The molecule has 0 saturated carbocycles. The van der Waals surface area contributed by atoms with Gasteiger partial charge in [0.15, 0.2) is 0 Å². The smallest absolute Gasteiger partial charge is 0.123 e. The summed E-state index contributed by atoms with van der Waals surface area (Å²) >= 11 is 0. The van der Waals surface area contributed by atoms with Gasteiger partial charge in [-0.2, -0.15) is 0 Å². The van der Waals surface area contributed by atoms with Crippen LogP contribution in [0, 0.1) is 11.7 Å². The second-order valence-corrected chi connectivity index (χ2v) is 5.67. The lowest BCUT2D eigenvalue weighted by Crippen LogP contribution is -2.53. The van der Waals surface area contributed by atoms with Crippen molar-refractivity contribution in [2.24, 2.45) is 5.92 Å². The van der Waals surface area contributed by atoms with Crippen LogP contribution in [0.5, 0.6) is 0 Å². The number of nitrogens with one attached hydrogen (secondary N) is 1. The topological polar surface area (TPSA) is 15.3 Å². The molecule has 1 saturated heterocycles. The number of hydrogen-bond donors (Lipinski definition) is 1. The van der Waals surface area contributed by atoms with E-state index in [1.54, 1.807) is 12.1 Å². The lowest BCUT2D eigenvalue weighted by Gasteiger charge is -2.40. The quantitative estimate of drug-likeness (QED) is 0.898. The summed E-state index contributed by atoms with van der Waals surface area (Å²) in [5.41, 5.74) is 1.20. The highest BCUT2D eigenvalue weighted by Gasteiger charge is 2.26. The first kappa shape index (κ1) is 14.5. The maximum Gasteiger partial charge on any atom is 0.123 e. The summed E-state index contributed by atoms with van der Waals surface area (Å²) in [4.78, 5) is 2.50. The highest BCUT2D eigenvalue weighted by Crippen LogP contribution is 2.23. The summed E-state index contributed by atoms with van der Waals surface area (Å²) in [5.74, 6) is 0.539. The summed E-state index contributed by atoms with van der Waals surface area (Å²) in [5, 5.41) is 3.61. The van der Waals surface area contributed by atoms with Gasteiger partial charge >= 0.3 is 0 Å².